The van der Waals surface area contributed by atoms with Crippen LogP contribution in [0.4, 0.5) is 0 Å². The minimum absolute atomic E-state index is 0.194. The molecule has 1 aromatic carbocycles. The molecule has 1 unspecified atom stereocenters. The van der Waals surface area contributed by atoms with Crippen LogP contribution in [0.2, 0.25) is 0 Å². The molecule has 1 rings (SSSR count). The van der Waals surface area contributed by atoms with Crippen LogP contribution in [0.3, 0.4) is 0 Å². The molecule has 76 valence electrons. The highest BCUT2D eigenvalue weighted by atomic mass is 16.4. The highest BCUT2D eigenvalue weighted by Gasteiger charge is 2.07. The number of hydrogen-bond donors (Lipinski definition) is 2. The topological polar surface area (TPSA) is 49.3 Å². The van der Waals surface area contributed by atoms with Gasteiger partial charge in [-0.3, -0.25) is 0 Å². The molecular formula is C11H15NO2. The van der Waals surface area contributed by atoms with Crippen LogP contribution in [-0.2, 0) is 0 Å². The van der Waals surface area contributed by atoms with E-state index in [1.807, 2.05) is 19.9 Å². The molecule has 0 saturated heterocycles. The van der Waals surface area contributed by atoms with E-state index in [0.29, 0.717) is 5.56 Å². The summed E-state index contributed by atoms with van der Waals surface area (Å²) < 4.78 is 0. The Morgan fingerprint density at radius 1 is 1.57 bits per heavy atom. The van der Waals surface area contributed by atoms with Crippen LogP contribution < -0.4 is 5.32 Å². The van der Waals surface area contributed by atoms with Gasteiger partial charge in [-0.25, -0.2) is 4.79 Å². The van der Waals surface area contributed by atoms with E-state index in [-0.39, 0.29) is 6.04 Å². The van der Waals surface area contributed by atoms with E-state index >= 15 is 0 Å². The van der Waals surface area contributed by atoms with Gasteiger partial charge in [-0.2, -0.15) is 0 Å². The lowest BCUT2D eigenvalue weighted by molar-refractivity contribution is 0.0696. The first-order valence-corrected chi connectivity index (χ1v) is 4.71. The van der Waals surface area contributed by atoms with Crippen LogP contribution in [0.1, 0.15) is 35.8 Å². The molecule has 0 aliphatic carbocycles. The van der Waals surface area contributed by atoms with Gasteiger partial charge in [0.15, 0.2) is 0 Å². The summed E-state index contributed by atoms with van der Waals surface area (Å²) >= 11 is 0. The molecule has 0 radical (unpaired) electrons. The fourth-order valence-electron chi connectivity index (χ4n) is 1.37. The molecule has 1 aromatic rings. The average Bonchev–Trinajstić information content (AvgIpc) is 2.18. The van der Waals surface area contributed by atoms with Crippen molar-refractivity contribution in [3.8, 4) is 0 Å². The van der Waals surface area contributed by atoms with E-state index in [2.05, 4.69) is 5.32 Å². The number of carboxylic acid groups (broad SMARTS) is 1. The van der Waals surface area contributed by atoms with Crippen molar-refractivity contribution < 1.29 is 9.90 Å². The number of aromatic carboxylic acids is 1. The average molecular weight is 193 g/mol. The van der Waals surface area contributed by atoms with Gasteiger partial charge in [-0.15, -0.1) is 0 Å². The monoisotopic (exact) mass is 193 g/mol. The highest BCUT2D eigenvalue weighted by molar-refractivity contribution is 5.87. The molecule has 2 N–H and O–H groups in total. The Labute approximate surface area is 83.8 Å². The van der Waals surface area contributed by atoms with Gasteiger partial charge in [-0.1, -0.05) is 19.1 Å². The Kier molecular flexibility index (Phi) is 3.65. The van der Waals surface area contributed by atoms with Crippen molar-refractivity contribution in [3.63, 3.8) is 0 Å². The molecular weight excluding hydrogens is 178 g/mol. The summed E-state index contributed by atoms with van der Waals surface area (Å²) in [5.41, 5.74) is 1.35. The van der Waals surface area contributed by atoms with Crippen molar-refractivity contribution in [2.24, 2.45) is 0 Å². The van der Waals surface area contributed by atoms with Crippen LogP contribution in [0.5, 0.6) is 0 Å². The van der Waals surface area contributed by atoms with E-state index in [0.717, 1.165) is 12.1 Å². The largest absolute Gasteiger partial charge is 0.478 e. The van der Waals surface area contributed by atoms with E-state index in [4.69, 9.17) is 5.11 Å². The molecule has 0 spiro atoms. The van der Waals surface area contributed by atoms with Gasteiger partial charge in [0, 0.05) is 6.04 Å². The lowest BCUT2D eigenvalue weighted by Crippen LogP contribution is -2.17. The Morgan fingerprint density at radius 3 is 2.86 bits per heavy atom. The fourth-order valence-corrected chi connectivity index (χ4v) is 1.37. The molecule has 14 heavy (non-hydrogen) atoms. The summed E-state index contributed by atoms with van der Waals surface area (Å²) in [6.07, 6.45) is 0. The zero-order valence-corrected chi connectivity index (χ0v) is 8.45. The van der Waals surface area contributed by atoms with Crippen molar-refractivity contribution in [2.75, 3.05) is 6.54 Å². The standard InChI is InChI=1S/C11H15NO2/c1-3-12-8(2)9-5-4-6-10(7-9)11(13)14/h4-8,12H,3H2,1-2H3,(H,13,14). The van der Waals surface area contributed by atoms with Gasteiger partial charge in [0.2, 0.25) is 0 Å². The van der Waals surface area contributed by atoms with Crippen molar-refractivity contribution >= 4 is 5.97 Å². The number of carbonyl (C=O) groups is 1. The number of hydrogen-bond acceptors (Lipinski definition) is 2. The fraction of sp³-hybridized carbons (Fsp3) is 0.364. The van der Waals surface area contributed by atoms with Crippen LogP contribution in [0, 0.1) is 0 Å². The second kappa shape index (κ2) is 4.77. The van der Waals surface area contributed by atoms with Gasteiger partial charge in [-0.05, 0) is 31.2 Å². The van der Waals surface area contributed by atoms with Gasteiger partial charge in [0.05, 0.1) is 5.56 Å². The highest BCUT2D eigenvalue weighted by Crippen LogP contribution is 2.13. The summed E-state index contributed by atoms with van der Waals surface area (Å²) in [7, 11) is 0. The SMILES string of the molecule is CCNC(C)c1cccc(C(=O)O)c1. The third kappa shape index (κ3) is 2.57. The number of nitrogens with one attached hydrogen (secondary N) is 1. The first-order valence-electron chi connectivity index (χ1n) is 4.71. The van der Waals surface area contributed by atoms with Gasteiger partial charge < -0.3 is 10.4 Å². The summed E-state index contributed by atoms with van der Waals surface area (Å²) in [5, 5.41) is 12.0. The Hall–Kier alpha value is -1.35. The van der Waals surface area contributed by atoms with Crippen molar-refractivity contribution in [1.29, 1.82) is 0 Å². The molecule has 3 nitrogen and oxygen atoms in total. The lowest BCUT2D eigenvalue weighted by Gasteiger charge is -2.12. The normalized spacial score (nSPS) is 12.4. The second-order valence-corrected chi connectivity index (χ2v) is 3.21. The maximum atomic E-state index is 10.7. The third-order valence-corrected chi connectivity index (χ3v) is 2.14. The molecule has 0 fully saturated rings. The van der Waals surface area contributed by atoms with Crippen molar-refractivity contribution in [2.45, 2.75) is 19.9 Å². The molecule has 0 bridgehead atoms. The number of carboxylic acids is 1. The zero-order chi connectivity index (χ0) is 10.6. The molecule has 0 heterocycles. The lowest BCUT2D eigenvalue weighted by atomic mass is 10.1. The first kappa shape index (κ1) is 10.7. The van der Waals surface area contributed by atoms with Gasteiger partial charge in [0.1, 0.15) is 0 Å². The maximum Gasteiger partial charge on any atom is 0.335 e. The summed E-state index contributed by atoms with van der Waals surface area (Å²) in [4.78, 5) is 10.7. The van der Waals surface area contributed by atoms with E-state index in [1.54, 1.807) is 18.2 Å². The van der Waals surface area contributed by atoms with E-state index in [1.165, 1.54) is 0 Å². The molecule has 3 heteroatoms. The van der Waals surface area contributed by atoms with Crippen molar-refractivity contribution in [3.05, 3.63) is 35.4 Å². The quantitative estimate of drug-likeness (QED) is 0.769. The summed E-state index contributed by atoms with van der Waals surface area (Å²) in [5.74, 6) is -0.879. The molecule has 1 atom stereocenters. The Bertz CT molecular complexity index is 323. The zero-order valence-electron chi connectivity index (χ0n) is 8.45. The second-order valence-electron chi connectivity index (χ2n) is 3.21. The van der Waals surface area contributed by atoms with Crippen LogP contribution in [0.25, 0.3) is 0 Å². The summed E-state index contributed by atoms with van der Waals surface area (Å²) in [6, 6.07) is 7.20. The first-order chi connectivity index (χ1) is 6.65. The van der Waals surface area contributed by atoms with E-state index < -0.39 is 5.97 Å². The van der Waals surface area contributed by atoms with Crippen LogP contribution in [-0.4, -0.2) is 17.6 Å². The minimum atomic E-state index is -0.879. The predicted octanol–water partition coefficient (Wildman–Crippen LogP) is 2.06. The van der Waals surface area contributed by atoms with E-state index in [9.17, 15) is 4.79 Å². The molecule has 0 aliphatic heterocycles. The van der Waals surface area contributed by atoms with Crippen LogP contribution >= 0.6 is 0 Å². The van der Waals surface area contributed by atoms with Crippen LogP contribution in [0.15, 0.2) is 24.3 Å². The molecule has 0 amide bonds. The minimum Gasteiger partial charge on any atom is -0.478 e. The smallest absolute Gasteiger partial charge is 0.335 e. The third-order valence-electron chi connectivity index (χ3n) is 2.14. The number of rotatable bonds is 4. The Balaban J connectivity index is 2.87. The summed E-state index contributed by atoms with van der Waals surface area (Å²) in [6.45, 7) is 4.92. The molecule has 0 aromatic heterocycles. The van der Waals surface area contributed by atoms with Gasteiger partial charge in [0.25, 0.3) is 0 Å². The van der Waals surface area contributed by atoms with Crippen molar-refractivity contribution in [1.82, 2.24) is 5.32 Å². The molecule has 0 aliphatic rings. The molecule has 0 saturated carbocycles. The predicted molar refractivity (Wildman–Crippen MR) is 55.5 cm³/mol. The maximum absolute atomic E-state index is 10.7. The number of benzene rings is 1. The Morgan fingerprint density at radius 2 is 2.29 bits per heavy atom. The van der Waals surface area contributed by atoms with Gasteiger partial charge >= 0.3 is 5.97 Å².